The largest absolute Gasteiger partial charge is 0.494 e. The molecule has 0 aromatic heterocycles. The van der Waals surface area contributed by atoms with Crippen LogP contribution < -0.4 is 10.1 Å². The summed E-state index contributed by atoms with van der Waals surface area (Å²) in [6, 6.07) is 7.62. The van der Waals surface area contributed by atoms with Crippen LogP contribution in [0.4, 0.5) is 0 Å². The van der Waals surface area contributed by atoms with Gasteiger partial charge < -0.3 is 9.84 Å². The summed E-state index contributed by atoms with van der Waals surface area (Å²) in [4.78, 5) is 10.9. The number of carboxylic acid groups (broad SMARTS) is 1. The van der Waals surface area contributed by atoms with Crippen molar-refractivity contribution in [3.63, 3.8) is 0 Å². The van der Waals surface area contributed by atoms with Gasteiger partial charge in [-0.15, -0.1) is 0 Å². The molecule has 1 aromatic carbocycles. The van der Waals surface area contributed by atoms with Gasteiger partial charge in [0.05, 0.1) is 6.61 Å². The third-order valence-corrected chi connectivity index (χ3v) is 2.50. The number of hydrogen-bond donors (Lipinski definition) is 2. The van der Waals surface area contributed by atoms with Gasteiger partial charge >= 0.3 is 5.97 Å². The Bertz CT molecular complexity index is 371. The zero-order chi connectivity index (χ0) is 12.9. The predicted molar refractivity (Wildman–Crippen MR) is 66.2 cm³/mol. The van der Waals surface area contributed by atoms with E-state index < -0.39 is 11.5 Å². The average Bonchev–Trinajstić information content (AvgIpc) is 2.28. The highest BCUT2D eigenvalue weighted by Crippen LogP contribution is 2.13. The zero-order valence-corrected chi connectivity index (χ0v) is 10.5. The molecular weight excluding hydrogens is 218 g/mol. The van der Waals surface area contributed by atoms with Crippen molar-refractivity contribution in [2.24, 2.45) is 0 Å². The standard InChI is InChI=1S/C13H19NO3/c1-4-17-11-7-5-10(6-8-11)9-14-13(2,3)12(15)16/h5-8,14H,4,9H2,1-3H3,(H,15,16). The van der Waals surface area contributed by atoms with Crippen molar-refractivity contribution in [2.45, 2.75) is 32.9 Å². The molecule has 0 unspecified atom stereocenters. The number of carboxylic acids is 1. The van der Waals surface area contributed by atoms with E-state index in [-0.39, 0.29) is 0 Å². The zero-order valence-electron chi connectivity index (χ0n) is 10.5. The van der Waals surface area contributed by atoms with Crippen molar-refractivity contribution in [1.29, 1.82) is 0 Å². The highest BCUT2D eigenvalue weighted by molar-refractivity contribution is 5.77. The van der Waals surface area contributed by atoms with E-state index in [4.69, 9.17) is 9.84 Å². The SMILES string of the molecule is CCOc1ccc(CNC(C)(C)C(=O)O)cc1. The van der Waals surface area contributed by atoms with Gasteiger partial charge in [-0.05, 0) is 38.5 Å². The molecule has 0 radical (unpaired) electrons. The number of benzene rings is 1. The Balaban J connectivity index is 2.55. The molecule has 0 bridgehead atoms. The third-order valence-electron chi connectivity index (χ3n) is 2.50. The van der Waals surface area contributed by atoms with Crippen molar-refractivity contribution >= 4 is 5.97 Å². The molecule has 0 heterocycles. The maximum Gasteiger partial charge on any atom is 0.323 e. The summed E-state index contributed by atoms with van der Waals surface area (Å²) < 4.78 is 5.33. The van der Waals surface area contributed by atoms with Gasteiger partial charge in [-0.3, -0.25) is 10.1 Å². The van der Waals surface area contributed by atoms with Crippen LogP contribution in [0.2, 0.25) is 0 Å². The normalized spacial score (nSPS) is 11.2. The topological polar surface area (TPSA) is 58.6 Å². The van der Waals surface area contributed by atoms with Crippen LogP contribution in [0.15, 0.2) is 24.3 Å². The Morgan fingerprint density at radius 3 is 2.41 bits per heavy atom. The molecule has 1 rings (SSSR count). The molecule has 1 aromatic rings. The van der Waals surface area contributed by atoms with Gasteiger partial charge in [0.25, 0.3) is 0 Å². The van der Waals surface area contributed by atoms with E-state index in [9.17, 15) is 4.79 Å². The molecule has 0 aliphatic carbocycles. The quantitative estimate of drug-likeness (QED) is 0.795. The van der Waals surface area contributed by atoms with Gasteiger partial charge in [-0.25, -0.2) is 0 Å². The fourth-order valence-corrected chi connectivity index (χ4v) is 1.27. The van der Waals surface area contributed by atoms with Crippen LogP contribution in [-0.4, -0.2) is 23.2 Å². The highest BCUT2D eigenvalue weighted by Gasteiger charge is 2.25. The molecular formula is C13H19NO3. The van der Waals surface area contributed by atoms with Gasteiger partial charge in [-0.2, -0.15) is 0 Å². The van der Waals surface area contributed by atoms with Gasteiger partial charge in [0.1, 0.15) is 11.3 Å². The minimum Gasteiger partial charge on any atom is -0.494 e. The minimum absolute atomic E-state index is 0.520. The number of hydrogen-bond acceptors (Lipinski definition) is 3. The Morgan fingerprint density at radius 1 is 1.35 bits per heavy atom. The molecule has 0 spiro atoms. The molecule has 17 heavy (non-hydrogen) atoms. The molecule has 4 heteroatoms. The molecule has 0 fully saturated rings. The second-order valence-corrected chi connectivity index (χ2v) is 4.36. The Kier molecular flexibility index (Phi) is 4.52. The van der Waals surface area contributed by atoms with Crippen LogP contribution in [0.25, 0.3) is 0 Å². The lowest BCUT2D eigenvalue weighted by molar-refractivity contribution is -0.143. The van der Waals surface area contributed by atoms with E-state index in [0.717, 1.165) is 11.3 Å². The van der Waals surface area contributed by atoms with Crippen LogP contribution in [-0.2, 0) is 11.3 Å². The van der Waals surface area contributed by atoms with Crippen LogP contribution in [0, 0.1) is 0 Å². The van der Waals surface area contributed by atoms with Crippen molar-refractivity contribution in [2.75, 3.05) is 6.61 Å². The van der Waals surface area contributed by atoms with E-state index in [0.29, 0.717) is 13.2 Å². The molecule has 0 aliphatic rings. The molecule has 2 N–H and O–H groups in total. The number of aliphatic carboxylic acids is 1. The summed E-state index contributed by atoms with van der Waals surface area (Å²) in [7, 11) is 0. The van der Waals surface area contributed by atoms with E-state index in [1.54, 1.807) is 13.8 Å². The van der Waals surface area contributed by atoms with Gasteiger partial charge in [0, 0.05) is 6.54 Å². The summed E-state index contributed by atoms with van der Waals surface area (Å²) >= 11 is 0. The number of rotatable bonds is 6. The monoisotopic (exact) mass is 237 g/mol. The van der Waals surface area contributed by atoms with Crippen molar-refractivity contribution in [3.05, 3.63) is 29.8 Å². The van der Waals surface area contributed by atoms with Crippen LogP contribution in [0.3, 0.4) is 0 Å². The summed E-state index contributed by atoms with van der Waals surface area (Å²) in [6.07, 6.45) is 0. The first-order valence-corrected chi connectivity index (χ1v) is 5.66. The van der Waals surface area contributed by atoms with Gasteiger partial charge in [0.2, 0.25) is 0 Å². The van der Waals surface area contributed by atoms with Gasteiger partial charge in [-0.1, -0.05) is 12.1 Å². The van der Waals surface area contributed by atoms with E-state index in [1.807, 2.05) is 31.2 Å². The average molecular weight is 237 g/mol. The lowest BCUT2D eigenvalue weighted by Crippen LogP contribution is -2.46. The summed E-state index contributed by atoms with van der Waals surface area (Å²) in [6.45, 7) is 6.38. The predicted octanol–water partition coefficient (Wildman–Crippen LogP) is 2.04. The molecule has 0 atom stereocenters. The maximum atomic E-state index is 10.9. The smallest absolute Gasteiger partial charge is 0.323 e. The second kappa shape index (κ2) is 5.68. The molecule has 0 aliphatic heterocycles. The Labute approximate surface area is 102 Å². The summed E-state index contributed by atoms with van der Waals surface area (Å²) in [5.41, 5.74) is 0.112. The highest BCUT2D eigenvalue weighted by atomic mass is 16.5. The first-order valence-electron chi connectivity index (χ1n) is 5.66. The van der Waals surface area contributed by atoms with Crippen LogP contribution >= 0.6 is 0 Å². The van der Waals surface area contributed by atoms with Crippen LogP contribution in [0.1, 0.15) is 26.3 Å². The Hall–Kier alpha value is -1.55. The Morgan fingerprint density at radius 2 is 1.94 bits per heavy atom. The molecule has 0 amide bonds. The van der Waals surface area contributed by atoms with E-state index in [1.165, 1.54) is 0 Å². The maximum absolute atomic E-state index is 10.9. The van der Waals surface area contributed by atoms with E-state index >= 15 is 0 Å². The minimum atomic E-state index is -0.918. The van der Waals surface area contributed by atoms with Gasteiger partial charge in [0.15, 0.2) is 0 Å². The van der Waals surface area contributed by atoms with Crippen molar-refractivity contribution in [3.8, 4) is 5.75 Å². The molecule has 0 saturated carbocycles. The lowest BCUT2D eigenvalue weighted by Gasteiger charge is -2.21. The first-order chi connectivity index (χ1) is 7.95. The fourth-order valence-electron chi connectivity index (χ4n) is 1.27. The first kappa shape index (κ1) is 13.5. The fraction of sp³-hybridized carbons (Fsp3) is 0.462. The number of carbonyl (C=O) groups is 1. The molecule has 4 nitrogen and oxygen atoms in total. The lowest BCUT2D eigenvalue weighted by atomic mass is 10.1. The number of ether oxygens (including phenoxy) is 1. The van der Waals surface area contributed by atoms with E-state index in [2.05, 4.69) is 5.32 Å². The van der Waals surface area contributed by atoms with Crippen molar-refractivity contribution in [1.82, 2.24) is 5.32 Å². The third kappa shape index (κ3) is 4.07. The van der Waals surface area contributed by atoms with Crippen molar-refractivity contribution < 1.29 is 14.6 Å². The molecule has 0 saturated heterocycles. The second-order valence-electron chi connectivity index (χ2n) is 4.36. The summed E-state index contributed by atoms with van der Waals surface area (Å²) in [5.74, 6) is -0.0304. The van der Waals surface area contributed by atoms with Crippen LogP contribution in [0.5, 0.6) is 5.75 Å². The number of nitrogens with one attached hydrogen (secondary N) is 1. The molecule has 94 valence electrons. The summed E-state index contributed by atoms with van der Waals surface area (Å²) in [5, 5.41) is 11.9.